The molecule has 0 aromatic carbocycles. The zero-order chi connectivity index (χ0) is 21.8. The maximum Gasteiger partial charge on any atom is 1.00 e. The number of aliphatic hydroxyl groups excluding tert-OH is 1. The van der Waals surface area contributed by atoms with E-state index < -0.39 is 21.5 Å². The van der Waals surface area contributed by atoms with Crippen molar-refractivity contribution in [3.63, 3.8) is 0 Å². The summed E-state index contributed by atoms with van der Waals surface area (Å²) in [7, 11) is -4.40. The van der Waals surface area contributed by atoms with Crippen LogP contribution in [0.2, 0.25) is 0 Å². The van der Waals surface area contributed by atoms with E-state index in [1.807, 2.05) is 0 Å². The maximum atomic E-state index is 11.2. The molecule has 0 aliphatic heterocycles. The van der Waals surface area contributed by atoms with Crippen LogP contribution in [0.15, 0.2) is 0 Å². The normalized spacial score (nSPS) is 13.7. The van der Waals surface area contributed by atoms with Gasteiger partial charge in [0.1, 0.15) is 10.1 Å². The van der Waals surface area contributed by atoms with Crippen LogP contribution in [0.25, 0.3) is 0 Å². The van der Waals surface area contributed by atoms with Crippen LogP contribution >= 0.6 is 0 Å². The van der Waals surface area contributed by atoms with Gasteiger partial charge in [0.15, 0.2) is 0 Å². The van der Waals surface area contributed by atoms with Crippen molar-refractivity contribution < 1.29 is 69.5 Å². The Hall–Kier alpha value is 1.51. The van der Waals surface area contributed by atoms with Crippen LogP contribution in [0.5, 0.6) is 0 Å². The maximum absolute atomic E-state index is 11.2. The SMILES string of the molecule is CCCCCCCCCCCCCCCCCCCCC(C(O)CC)S(=O)(=O)[O-].[K+]. The first-order valence-corrected chi connectivity index (χ1v) is 14.0. The van der Waals surface area contributed by atoms with Gasteiger partial charge in [-0.1, -0.05) is 129 Å². The van der Waals surface area contributed by atoms with Gasteiger partial charge < -0.3 is 9.66 Å². The molecule has 2 atom stereocenters. The van der Waals surface area contributed by atoms with Crippen LogP contribution in [0, 0.1) is 0 Å². The van der Waals surface area contributed by atoms with Gasteiger partial charge in [0.25, 0.3) is 0 Å². The van der Waals surface area contributed by atoms with E-state index >= 15 is 0 Å². The zero-order valence-corrected chi connectivity index (χ0v) is 24.3. The van der Waals surface area contributed by atoms with Gasteiger partial charge in [-0.2, -0.15) is 0 Å². The van der Waals surface area contributed by atoms with Crippen LogP contribution in [0.1, 0.15) is 142 Å². The third-order valence-electron chi connectivity index (χ3n) is 6.06. The topological polar surface area (TPSA) is 77.4 Å². The fraction of sp³-hybridized carbons (Fsp3) is 1.00. The monoisotopic (exact) mass is 472 g/mol. The fourth-order valence-electron chi connectivity index (χ4n) is 4.04. The Morgan fingerprint density at radius 2 is 0.933 bits per heavy atom. The molecule has 0 rings (SSSR count). The van der Waals surface area contributed by atoms with Crippen molar-refractivity contribution in [2.75, 3.05) is 0 Å². The van der Waals surface area contributed by atoms with Gasteiger partial charge in [-0.3, -0.25) is 0 Å². The van der Waals surface area contributed by atoms with E-state index in [0.717, 1.165) is 12.8 Å². The summed E-state index contributed by atoms with van der Waals surface area (Å²) in [4.78, 5) is 0. The van der Waals surface area contributed by atoms with Crippen molar-refractivity contribution in [2.45, 2.75) is 154 Å². The predicted molar refractivity (Wildman–Crippen MR) is 123 cm³/mol. The molecule has 0 aliphatic carbocycles. The van der Waals surface area contributed by atoms with Gasteiger partial charge in [-0.15, -0.1) is 0 Å². The molecule has 0 saturated carbocycles. The molecular formula is C24H49KO4S. The minimum Gasteiger partial charge on any atom is -0.748 e. The Labute approximate surface area is 230 Å². The molecule has 0 aliphatic rings. The quantitative estimate of drug-likeness (QED) is 0.146. The van der Waals surface area contributed by atoms with E-state index in [-0.39, 0.29) is 51.4 Å². The summed E-state index contributed by atoms with van der Waals surface area (Å²) < 4.78 is 33.7. The number of unbranched alkanes of at least 4 members (excludes halogenated alkanes) is 17. The van der Waals surface area contributed by atoms with Crippen LogP contribution < -0.4 is 51.4 Å². The van der Waals surface area contributed by atoms with Gasteiger partial charge in [-0.25, -0.2) is 8.42 Å². The summed E-state index contributed by atoms with van der Waals surface area (Å²) in [5.74, 6) is 0. The summed E-state index contributed by atoms with van der Waals surface area (Å²) in [6, 6.07) is 0. The molecule has 1 N–H and O–H groups in total. The predicted octanol–water partition coefficient (Wildman–Crippen LogP) is 4.11. The van der Waals surface area contributed by atoms with E-state index in [1.54, 1.807) is 6.92 Å². The molecule has 0 aromatic rings. The van der Waals surface area contributed by atoms with Crippen molar-refractivity contribution in [2.24, 2.45) is 0 Å². The van der Waals surface area contributed by atoms with E-state index in [4.69, 9.17) is 0 Å². The fourth-order valence-corrected chi connectivity index (χ4v) is 5.07. The number of aliphatic hydroxyl groups is 1. The first-order valence-electron chi connectivity index (χ1n) is 12.6. The molecule has 30 heavy (non-hydrogen) atoms. The van der Waals surface area contributed by atoms with Crippen LogP contribution in [0.3, 0.4) is 0 Å². The average Bonchev–Trinajstić information content (AvgIpc) is 2.68. The summed E-state index contributed by atoms with van der Waals surface area (Å²) in [5, 5.41) is 8.59. The number of hydrogen-bond acceptors (Lipinski definition) is 4. The van der Waals surface area contributed by atoms with E-state index in [9.17, 15) is 18.1 Å². The Balaban J connectivity index is 0. The minimum absolute atomic E-state index is 0. The van der Waals surface area contributed by atoms with Gasteiger partial charge in [0.05, 0.1) is 11.4 Å². The van der Waals surface area contributed by atoms with E-state index in [1.165, 1.54) is 96.3 Å². The number of hydrogen-bond donors (Lipinski definition) is 1. The van der Waals surface area contributed by atoms with Crippen molar-refractivity contribution in [1.29, 1.82) is 0 Å². The molecule has 6 heteroatoms. The summed E-state index contributed by atoms with van der Waals surface area (Å²) in [6.45, 7) is 3.98. The molecular weight excluding hydrogens is 423 g/mol. The van der Waals surface area contributed by atoms with Crippen molar-refractivity contribution in [3.05, 3.63) is 0 Å². The molecule has 4 nitrogen and oxygen atoms in total. The van der Waals surface area contributed by atoms with Crippen LogP contribution in [0.4, 0.5) is 0 Å². The molecule has 0 bridgehead atoms. The Kier molecular flexibility index (Phi) is 26.6. The smallest absolute Gasteiger partial charge is 0.748 e. The van der Waals surface area contributed by atoms with Gasteiger partial charge in [0, 0.05) is 0 Å². The second-order valence-corrected chi connectivity index (χ2v) is 10.4. The summed E-state index contributed by atoms with van der Waals surface area (Å²) in [5.41, 5.74) is 0. The third kappa shape index (κ3) is 21.4. The van der Waals surface area contributed by atoms with Gasteiger partial charge in [-0.05, 0) is 12.8 Å². The molecule has 0 fully saturated rings. The van der Waals surface area contributed by atoms with Crippen molar-refractivity contribution in [1.82, 2.24) is 0 Å². The standard InChI is InChI=1S/C24H50O4S.K/c1-3-5-6-7-8-9-10-11-12-13-14-15-16-17-18-19-20-21-22-24(23(25)4-2)29(26,27)28;/h23-25H,3-22H2,1-2H3,(H,26,27,28);/q;+1/p-1. The van der Waals surface area contributed by atoms with Gasteiger partial charge in [0.2, 0.25) is 0 Å². The molecule has 176 valence electrons. The Morgan fingerprint density at radius 3 is 1.20 bits per heavy atom. The Bertz CT molecular complexity index is 442. The number of rotatable bonds is 22. The third-order valence-corrected chi connectivity index (χ3v) is 7.35. The molecule has 0 amide bonds. The summed E-state index contributed by atoms with van der Waals surface area (Å²) >= 11 is 0. The first-order chi connectivity index (χ1) is 13.9. The van der Waals surface area contributed by atoms with Crippen molar-refractivity contribution >= 4 is 10.1 Å². The molecule has 0 spiro atoms. The zero-order valence-electron chi connectivity index (χ0n) is 20.4. The molecule has 0 radical (unpaired) electrons. The molecule has 0 saturated heterocycles. The van der Waals surface area contributed by atoms with Crippen LogP contribution in [-0.4, -0.2) is 29.4 Å². The van der Waals surface area contributed by atoms with Gasteiger partial charge >= 0.3 is 51.4 Å². The second-order valence-electron chi connectivity index (χ2n) is 8.81. The van der Waals surface area contributed by atoms with E-state index in [0.29, 0.717) is 19.3 Å². The van der Waals surface area contributed by atoms with Crippen molar-refractivity contribution in [3.8, 4) is 0 Å². The largest absolute Gasteiger partial charge is 1.00 e. The first kappa shape index (κ1) is 33.7. The van der Waals surface area contributed by atoms with Crippen LogP contribution in [-0.2, 0) is 10.1 Å². The van der Waals surface area contributed by atoms with E-state index in [2.05, 4.69) is 6.92 Å². The average molecular weight is 473 g/mol. The minimum atomic E-state index is -4.40. The summed E-state index contributed by atoms with van der Waals surface area (Å²) in [6.07, 6.45) is 22.7. The second kappa shape index (κ2) is 23.7. The molecule has 0 aromatic heterocycles. The molecule has 0 heterocycles. The molecule has 2 unspecified atom stereocenters. The Morgan fingerprint density at radius 1 is 0.633 bits per heavy atom.